The molecule has 20 heavy (non-hydrogen) atoms. The fourth-order valence-electron chi connectivity index (χ4n) is 1.29. The lowest BCUT2D eigenvalue weighted by molar-refractivity contribution is -0.143. The van der Waals surface area contributed by atoms with Crippen molar-refractivity contribution in [2.45, 2.75) is 38.3 Å². The summed E-state index contributed by atoms with van der Waals surface area (Å²) in [7, 11) is 0. The van der Waals surface area contributed by atoms with Gasteiger partial charge in [0.05, 0.1) is 13.2 Å². The van der Waals surface area contributed by atoms with Crippen LogP contribution in [0, 0.1) is 0 Å². The molecule has 0 heterocycles. The fourth-order valence-corrected chi connectivity index (χ4v) is 1.29. The summed E-state index contributed by atoms with van der Waals surface area (Å²) in [6.07, 6.45) is -6.89. The number of rotatable bonds is 8. The van der Waals surface area contributed by atoms with Crippen molar-refractivity contribution in [2.24, 2.45) is 0 Å². The minimum Gasteiger partial charge on any atom is -0.463 e. The van der Waals surface area contributed by atoms with Gasteiger partial charge in [-0.15, -0.1) is 0 Å². The van der Waals surface area contributed by atoms with Gasteiger partial charge in [0.1, 0.15) is 24.4 Å². The molecule has 0 aromatic rings. The highest BCUT2D eigenvalue weighted by Gasteiger charge is 2.33. The van der Waals surface area contributed by atoms with Crippen LogP contribution in [0.2, 0.25) is 0 Å². The summed E-state index contributed by atoms with van der Waals surface area (Å²) in [5, 5.41) is 46.0. The van der Waals surface area contributed by atoms with E-state index in [2.05, 4.69) is 4.74 Å². The molecule has 0 rings (SSSR count). The Kier molecular flexibility index (Phi) is 8.19. The number of ether oxygens (including phenoxy) is 1. The van der Waals surface area contributed by atoms with Crippen LogP contribution in [0.1, 0.15) is 13.8 Å². The molecule has 0 spiro atoms. The topological polar surface area (TPSA) is 145 Å². The lowest BCUT2D eigenvalue weighted by Crippen LogP contribution is -2.48. The molecule has 0 fully saturated rings. The zero-order valence-corrected chi connectivity index (χ0v) is 11.3. The van der Waals surface area contributed by atoms with Crippen molar-refractivity contribution in [3.63, 3.8) is 0 Å². The van der Waals surface area contributed by atoms with Gasteiger partial charge in [-0.1, -0.05) is 0 Å². The fraction of sp³-hybridized carbons (Fsp3) is 0.667. The minimum absolute atomic E-state index is 0.0831. The predicted octanol–water partition coefficient (Wildman–Crippen LogP) is -2.50. The van der Waals surface area contributed by atoms with Gasteiger partial charge in [-0.05, 0) is 19.9 Å². The molecule has 4 atom stereocenters. The van der Waals surface area contributed by atoms with E-state index in [9.17, 15) is 24.9 Å². The Bertz CT molecular complexity index is 364. The third kappa shape index (κ3) is 5.35. The van der Waals surface area contributed by atoms with E-state index in [-0.39, 0.29) is 12.2 Å². The molecule has 0 saturated carbocycles. The molecule has 0 saturated heterocycles. The van der Waals surface area contributed by atoms with Gasteiger partial charge in [0.2, 0.25) is 0 Å². The summed E-state index contributed by atoms with van der Waals surface area (Å²) < 4.78 is 4.62. The summed E-state index contributed by atoms with van der Waals surface area (Å²) in [5.41, 5.74) is -0.0831. The van der Waals surface area contributed by atoms with E-state index in [1.165, 1.54) is 6.92 Å². The van der Waals surface area contributed by atoms with Crippen molar-refractivity contribution >= 4 is 11.8 Å². The van der Waals surface area contributed by atoms with Crippen molar-refractivity contribution in [2.75, 3.05) is 13.2 Å². The Morgan fingerprint density at radius 2 is 1.70 bits per heavy atom. The number of esters is 1. The van der Waals surface area contributed by atoms with Crippen molar-refractivity contribution < 1.29 is 39.9 Å². The van der Waals surface area contributed by atoms with Crippen LogP contribution in [0.4, 0.5) is 0 Å². The molecule has 0 amide bonds. The highest BCUT2D eigenvalue weighted by Crippen LogP contribution is 2.08. The van der Waals surface area contributed by atoms with Gasteiger partial charge in [0.25, 0.3) is 0 Å². The van der Waals surface area contributed by atoms with Crippen LogP contribution in [0.25, 0.3) is 0 Å². The predicted molar refractivity (Wildman–Crippen MR) is 66.5 cm³/mol. The normalized spacial score (nSPS) is 18.1. The molecule has 0 radical (unpaired) electrons. The zero-order valence-electron chi connectivity index (χ0n) is 11.3. The molecular formula is C12H20O8. The first-order valence-corrected chi connectivity index (χ1v) is 5.98. The summed E-state index contributed by atoms with van der Waals surface area (Å²) in [5.74, 6) is -1.79. The number of carbonyl (C=O) groups is 2. The monoisotopic (exact) mass is 292 g/mol. The number of aliphatic hydroxyl groups is 5. The van der Waals surface area contributed by atoms with Crippen LogP contribution in [0.15, 0.2) is 11.6 Å². The van der Waals surface area contributed by atoms with E-state index < -0.39 is 42.8 Å². The molecular weight excluding hydrogens is 272 g/mol. The number of aliphatic hydroxyl groups excluding tert-OH is 5. The first-order valence-electron chi connectivity index (χ1n) is 5.98. The van der Waals surface area contributed by atoms with Gasteiger partial charge in [-0.25, -0.2) is 4.79 Å². The highest BCUT2D eigenvalue weighted by molar-refractivity contribution is 6.01. The molecule has 5 N–H and O–H groups in total. The Balaban J connectivity index is 4.77. The molecule has 8 nitrogen and oxygen atoms in total. The Morgan fingerprint density at radius 3 is 2.15 bits per heavy atom. The van der Waals surface area contributed by atoms with Crippen LogP contribution in [0.5, 0.6) is 0 Å². The first-order chi connectivity index (χ1) is 9.26. The number of ketones is 1. The average Bonchev–Trinajstić information content (AvgIpc) is 2.43. The quantitative estimate of drug-likeness (QED) is 0.244. The molecule has 0 bridgehead atoms. The number of carbonyl (C=O) groups excluding carboxylic acids is 2. The Hall–Kier alpha value is -1.32. The summed E-state index contributed by atoms with van der Waals surface area (Å²) >= 11 is 0. The lowest BCUT2D eigenvalue weighted by Gasteiger charge is -2.24. The summed E-state index contributed by atoms with van der Waals surface area (Å²) in [6, 6.07) is 0. The van der Waals surface area contributed by atoms with Gasteiger partial charge in [-0.2, -0.15) is 0 Å². The van der Waals surface area contributed by atoms with E-state index >= 15 is 0 Å². The number of hydrogen-bond donors (Lipinski definition) is 5. The lowest BCUT2D eigenvalue weighted by atomic mass is 9.99. The van der Waals surface area contributed by atoms with Crippen molar-refractivity contribution in [1.29, 1.82) is 0 Å². The molecule has 116 valence electrons. The molecule has 0 unspecified atom stereocenters. The smallest absolute Gasteiger partial charge is 0.333 e. The highest BCUT2D eigenvalue weighted by atomic mass is 16.5. The standard InChI is InChI=1S/C12H20O8/c1-3-20-12(19)6(2)4-7(14)9(16)11(18)10(17)8(15)5-13/h4,8-11,13,15-18H,3,5H2,1-2H3/t8-,9-,10-,11-/m1/s1. The van der Waals surface area contributed by atoms with Gasteiger partial charge in [0, 0.05) is 5.57 Å². The third-order valence-corrected chi connectivity index (χ3v) is 2.50. The molecule has 0 aliphatic rings. The maximum Gasteiger partial charge on any atom is 0.333 e. The molecule has 0 aromatic heterocycles. The zero-order chi connectivity index (χ0) is 15.9. The van der Waals surface area contributed by atoms with Crippen molar-refractivity contribution in [1.82, 2.24) is 0 Å². The third-order valence-electron chi connectivity index (χ3n) is 2.50. The second-order valence-electron chi connectivity index (χ2n) is 4.13. The van der Waals surface area contributed by atoms with Crippen LogP contribution < -0.4 is 0 Å². The van der Waals surface area contributed by atoms with Crippen molar-refractivity contribution in [3.8, 4) is 0 Å². The van der Waals surface area contributed by atoms with E-state index in [0.717, 1.165) is 6.08 Å². The first kappa shape index (κ1) is 18.7. The van der Waals surface area contributed by atoms with Crippen LogP contribution in [0.3, 0.4) is 0 Å². The molecule has 0 aliphatic heterocycles. The van der Waals surface area contributed by atoms with Crippen LogP contribution in [-0.2, 0) is 14.3 Å². The molecule has 8 heteroatoms. The number of hydrogen-bond acceptors (Lipinski definition) is 8. The summed E-state index contributed by atoms with van der Waals surface area (Å²) in [4.78, 5) is 22.8. The molecule has 0 aromatic carbocycles. The van der Waals surface area contributed by atoms with E-state index in [4.69, 9.17) is 10.2 Å². The van der Waals surface area contributed by atoms with Crippen LogP contribution in [-0.4, -0.2) is 74.9 Å². The van der Waals surface area contributed by atoms with E-state index in [0.29, 0.717) is 0 Å². The minimum atomic E-state index is -2.05. The Labute approximate surface area is 115 Å². The molecule has 0 aliphatic carbocycles. The van der Waals surface area contributed by atoms with E-state index in [1.54, 1.807) is 6.92 Å². The van der Waals surface area contributed by atoms with E-state index in [1.807, 2.05) is 0 Å². The van der Waals surface area contributed by atoms with Gasteiger partial charge in [0.15, 0.2) is 5.78 Å². The van der Waals surface area contributed by atoms with Gasteiger partial charge >= 0.3 is 5.97 Å². The maximum absolute atomic E-state index is 11.6. The van der Waals surface area contributed by atoms with Gasteiger partial charge < -0.3 is 30.3 Å². The van der Waals surface area contributed by atoms with Gasteiger partial charge in [-0.3, -0.25) is 4.79 Å². The second-order valence-corrected chi connectivity index (χ2v) is 4.13. The maximum atomic E-state index is 11.6. The summed E-state index contributed by atoms with van der Waals surface area (Å²) in [6.45, 7) is 2.13. The van der Waals surface area contributed by atoms with Crippen LogP contribution >= 0.6 is 0 Å². The Morgan fingerprint density at radius 1 is 1.15 bits per heavy atom. The second kappa shape index (κ2) is 8.77. The van der Waals surface area contributed by atoms with Crippen molar-refractivity contribution in [3.05, 3.63) is 11.6 Å². The SMILES string of the molecule is CCOC(=O)C(C)=CC(=O)[C@@H](O)[C@@H](O)[C@H](O)[C@H](O)CO. The largest absolute Gasteiger partial charge is 0.463 e. The average molecular weight is 292 g/mol.